The summed E-state index contributed by atoms with van der Waals surface area (Å²) in [7, 11) is 0. The summed E-state index contributed by atoms with van der Waals surface area (Å²) in [6, 6.07) is 5.69. The number of hydrogen-bond acceptors (Lipinski definition) is 3. The fourth-order valence-corrected chi connectivity index (χ4v) is 2.98. The maximum Gasteiger partial charge on any atom is 0.128 e. The number of aromatic nitrogens is 3. The lowest BCUT2D eigenvalue weighted by Crippen LogP contribution is -2.04. The zero-order valence-electron chi connectivity index (χ0n) is 10.2. The molecule has 1 aromatic carbocycles. The highest BCUT2D eigenvalue weighted by Crippen LogP contribution is 2.27. The second kappa shape index (κ2) is 5.12. The molecule has 0 amide bonds. The van der Waals surface area contributed by atoms with Gasteiger partial charge in [-0.05, 0) is 25.1 Å². The van der Waals surface area contributed by atoms with Crippen LogP contribution in [0.15, 0.2) is 29.9 Å². The number of hydrogen-bond donors (Lipinski definition) is 0. The van der Waals surface area contributed by atoms with Crippen molar-refractivity contribution in [3.05, 3.63) is 45.6 Å². The Bertz CT molecular complexity index is 704. The first-order chi connectivity index (χ1) is 9.15. The molecule has 6 heteroatoms. The third-order valence-electron chi connectivity index (χ3n) is 2.89. The molecule has 0 aliphatic carbocycles. The van der Waals surface area contributed by atoms with Gasteiger partial charge in [0, 0.05) is 16.1 Å². The van der Waals surface area contributed by atoms with Gasteiger partial charge in [0.15, 0.2) is 0 Å². The number of alkyl halides is 1. The van der Waals surface area contributed by atoms with Crippen LogP contribution in [0.4, 0.5) is 0 Å². The molecular formula is C13H11Cl2N3S. The minimum Gasteiger partial charge on any atom is -0.321 e. The van der Waals surface area contributed by atoms with Crippen LogP contribution in [0, 0.1) is 0 Å². The first-order valence-corrected chi connectivity index (χ1v) is 7.51. The predicted octanol–water partition coefficient (Wildman–Crippen LogP) is 4.49. The van der Waals surface area contributed by atoms with Crippen molar-refractivity contribution >= 4 is 45.6 Å². The van der Waals surface area contributed by atoms with E-state index in [0.29, 0.717) is 11.6 Å². The molecule has 2 aromatic heterocycles. The molecule has 98 valence electrons. The summed E-state index contributed by atoms with van der Waals surface area (Å²) >= 11 is 13.9. The van der Waals surface area contributed by atoms with E-state index < -0.39 is 0 Å². The van der Waals surface area contributed by atoms with Gasteiger partial charge in [-0.2, -0.15) is 0 Å². The maximum atomic E-state index is 6.23. The first-order valence-electron chi connectivity index (χ1n) is 5.82. The number of halogens is 2. The molecule has 0 saturated heterocycles. The topological polar surface area (TPSA) is 30.7 Å². The predicted molar refractivity (Wildman–Crippen MR) is 80.2 cm³/mol. The van der Waals surface area contributed by atoms with E-state index in [1.807, 2.05) is 36.8 Å². The molecule has 0 spiro atoms. The molecule has 0 aliphatic heterocycles. The fraction of sp³-hybridized carbons (Fsp3) is 0.231. The van der Waals surface area contributed by atoms with Crippen LogP contribution in [0.3, 0.4) is 0 Å². The standard InChI is InChI=1S/C13H11Cl2N3S/c1-8(14)13-17-11-3-2-9(15)4-12(11)18(13)6-10-5-16-7-19-10/h2-5,7-8H,6H2,1H3. The number of thiazole rings is 1. The molecule has 0 bridgehead atoms. The number of rotatable bonds is 3. The van der Waals surface area contributed by atoms with Crippen LogP contribution in [-0.4, -0.2) is 14.5 Å². The van der Waals surface area contributed by atoms with Crippen LogP contribution in [0.25, 0.3) is 11.0 Å². The molecule has 3 nitrogen and oxygen atoms in total. The number of fused-ring (bicyclic) bond motifs is 1. The summed E-state index contributed by atoms with van der Waals surface area (Å²) in [5.74, 6) is 0.854. The molecule has 0 N–H and O–H groups in total. The zero-order chi connectivity index (χ0) is 13.4. The lowest BCUT2D eigenvalue weighted by atomic mass is 10.3. The van der Waals surface area contributed by atoms with Gasteiger partial charge in [-0.25, -0.2) is 4.98 Å². The van der Waals surface area contributed by atoms with Crippen LogP contribution >= 0.6 is 34.5 Å². The van der Waals surface area contributed by atoms with E-state index in [0.717, 1.165) is 21.7 Å². The van der Waals surface area contributed by atoms with Gasteiger partial charge in [0.05, 0.1) is 28.5 Å². The largest absolute Gasteiger partial charge is 0.321 e. The highest BCUT2D eigenvalue weighted by molar-refractivity contribution is 7.09. The molecule has 3 rings (SSSR count). The summed E-state index contributed by atoms with van der Waals surface area (Å²) in [5.41, 5.74) is 3.74. The Labute approximate surface area is 124 Å². The Kier molecular flexibility index (Phi) is 3.48. The average Bonchev–Trinajstić information content (AvgIpc) is 2.98. The molecule has 3 aromatic rings. The van der Waals surface area contributed by atoms with E-state index in [1.165, 1.54) is 0 Å². The van der Waals surface area contributed by atoms with Crippen LogP contribution in [0.2, 0.25) is 5.02 Å². The van der Waals surface area contributed by atoms with E-state index in [4.69, 9.17) is 23.2 Å². The zero-order valence-corrected chi connectivity index (χ0v) is 12.5. The van der Waals surface area contributed by atoms with Crippen molar-refractivity contribution in [2.45, 2.75) is 18.8 Å². The van der Waals surface area contributed by atoms with Crippen LogP contribution < -0.4 is 0 Å². The molecule has 0 aliphatic rings. The number of nitrogens with zero attached hydrogens (tertiary/aromatic N) is 3. The fourth-order valence-electron chi connectivity index (χ4n) is 2.06. The number of imidazole rings is 1. The van der Waals surface area contributed by atoms with Crippen molar-refractivity contribution < 1.29 is 0 Å². The lowest BCUT2D eigenvalue weighted by Gasteiger charge is -2.09. The third-order valence-corrected chi connectivity index (χ3v) is 4.09. The molecule has 1 unspecified atom stereocenters. The Hall–Kier alpha value is -1.10. The maximum absolute atomic E-state index is 6.23. The van der Waals surface area contributed by atoms with Crippen molar-refractivity contribution in [2.24, 2.45) is 0 Å². The van der Waals surface area contributed by atoms with Crippen LogP contribution in [0.5, 0.6) is 0 Å². The minimum atomic E-state index is -0.154. The molecular weight excluding hydrogens is 301 g/mol. The number of benzene rings is 1. The van der Waals surface area contributed by atoms with E-state index in [-0.39, 0.29) is 5.38 Å². The Balaban J connectivity index is 2.18. The van der Waals surface area contributed by atoms with Crippen molar-refractivity contribution in [2.75, 3.05) is 0 Å². The van der Waals surface area contributed by atoms with Crippen LogP contribution in [0.1, 0.15) is 23.0 Å². The molecule has 1 atom stereocenters. The third kappa shape index (κ3) is 2.48. The summed E-state index contributed by atoms with van der Waals surface area (Å²) in [6.45, 7) is 2.64. The summed E-state index contributed by atoms with van der Waals surface area (Å²) in [4.78, 5) is 9.86. The Morgan fingerprint density at radius 1 is 1.42 bits per heavy atom. The van der Waals surface area contributed by atoms with Gasteiger partial charge in [-0.3, -0.25) is 4.98 Å². The van der Waals surface area contributed by atoms with Crippen LogP contribution in [-0.2, 0) is 6.54 Å². The smallest absolute Gasteiger partial charge is 0.128 e. The monoisotopic (exact) mass is 311 g/mol. The molecule has 2 heterocycles. The van der Waals surface area contributed by atoms with E-state index in [9.17, 15) is 0 Å². The molecule has 0 fully saturated rings. The quantitative estimate of drug-likeness (QED) is 0.667. The second-order valence-electron chi connectivity index (χ2n) is 4.27. The van der Waals surface area contributed by atoms with Crippen molar-refractivity contribution in [1.82, 2.24) is 14.5 Å². The van der Waals surface area contributed by atoms with Crippen molar-refractivity contribution in [3.63, 3.8) is 0 Å². The second-order valence-corrected chi connectivity index (χ2v) is 6.33. The normalized spacial score (nSPS) is 13.0. The summed E-state index contributed by atoms with van der Waals surface area (Å²) in [5, 5.41) is 0.547. The lowest BCUT2D eigenvalue weighted by molar-refractivity contribution is 0.749. The highest BCUT2D eigenvalue weighted by Gasteiger charge is 2.15. The van der Waals surface area contributed by atoms with Gasteiger partial charge in [-0.15, -0.1) is 22.9 Å². The van der Waals surface area contributed by atoms with Gasteiger partial charge in [0.1, 0.15) is 5.82 Å². The molecule has 0 saturated carbocycles. The van der Waals surface area contributed by atoms with E-state index in [2.05, 4.69) is 14.5 Å². The van der Waals surface area contributed by atoms with Crippen molar-refractivity contribution in [1.29, 1.82) is 0 Å². The van der Waals surface area contributed by atoms with E-state index >= 15 is 0 Å². The highest BCUT2D eigenvalue weighted by atomic mass is 35.5. The minimum absolute atomic E-state index is 0.154. The van der Waals surface area contributed by atoms with Crippen molar-refractivity contribution in [3.8, 4) is 0 Å². The SMILES string of the molecule is CC(Cl)c1nc2ccc(Cl)cc2n1Cc1cncs1. The molecule has 19 heavy (non-hydrogen) atoms. The average molecular weight is 312 g/mol. The van der Waals surface area contributed by atoms with Gasteiger partial charge >= 0.3 is 0 Å². The van der Waals surface area contributed by atoms with E-state index in [1.54, 1.807) is 11.3 Å². The summed E-state index contributed by atoms with van der Waals surface area (Å²) < 4.78 is 2.10. The Morgan fingerprint density at radius 2 is 2.26 bits per heavy atom. The van der Waals surface area contributed by atoms with Gasteiger partial charge < -0.3 is 4.57 Å². The summed E-state index contributed by atoms with van der Waals surface area (Å²) in [6.07, 6.45) is 1.86. The van der Waals surface area contributed by atoms with Gasteiger partial charge in [0.25, 0.3) is 0 Å². The first kappa shape index (κ1) is 12.9. The Morgan fingerprint density at radius 3 is 2.95 bits per heavy atom. The van der Waals surface area contributed by atoms with Gasteiger partial charge in [-0.1, -0.05) is 11.6 Å². The molecule has 0 radical (unpaired) electrons. The van der Waals surface area contributed by atoms with Gasteiger partial charge in [0.2, 0.25) is 0 Å².